The Bertz CT molecular complexity index is 2700. The third-order valence-electron chi connectivity index (χ3n) is 12.4. The summed E-state index contributed by atoms with van der Waals surface area (Å²) in [5.74, 6) is -6.50. The zero-order chi connectivity index (χ0) is 47.4. The number of rotatable bonds is 13. The summed E-state index contributed by atoms with van der Waals surface area (Å²) in [7, 11) is 3.46. The van der Waals surface area contributed by atoms with Crippen molar-refractivity contribution in [3.05, 3.63) is 81.9 Å². The van der Waals surface area contributed by atoms with Crippen LogP contribution in [0.2, 0.25) is 0 Å². The Labute approximate surface area is 384 Å². The van der Waals surface area contributed by atoms with Crippen LogP contribution in [0.5, 0.6) is 11.5 Å². The Kier molecular flexibility index (Phi) is 14.9. The SMILES string of the molecule is CC.CCN(C)SNc1ccc(F)c(Oc2ccc3ncn(C(C)COC4CCC(N5CCC(c6cc7c(cc6F)c(N6CCC(=O)NC6=O)nn7C)C(F)(F)C5)CC4)c(=O)c3c2)c1C#N. The second-order valence-electron chi connectivity index (χ2n) is 16.6. The van der Waals surface area contributed by atoms with Crippen molar-refractivity contribution in [3.63, 3.8) is 0 Å². The van der Waals surface area contributed by atoms with Gasteiger partial charge in [0.25, 0.3) is 11.5 Å². The fraction of sp³-hybridized carbons (Fsp3) is 0.478. The van der Waals surface area contributed by atoms with Gasteiger partial charge in [-0.1, -0.05) is 20.8 Å². The van der Waals surface area contributed by atoms with E-state index in [-0.39, 0.29) is 77.5 Å². The van der Waals surface area contributed by atoms with Gasteiger partial charge in [0, 0.05) is 50.1 Å². The number of anilines is 2. The number of amides is 3. The van der Waals surface area contributed by atoms with Crippen LogP contribution in [0.15, 0.2) is 53.6 Å². The van der Waals surface area contributed by atoms with E-state index in [4.69, 9.17) is 9.47 Å². The van der Waals surface area contributed by atoms with E-state index < -0.39 is 48.0 Å². The van der Waals surface area contributed by atoms with Crippen LogP contribution in [-0.2, 0) is 16.6 Å². The second-order valence-corrected chi connectivity index (χ2v) is 17.6. The van der Waals surface area contributed by atoms with Crippen molar-refractivity contribution in [2.75, 3.05) is 49.5 Å². The number of urea groups is 1. The number of aryl methyl sites for hydroxylation is 1. The number of hydrogen-bond donors (Lipinski definition) is 2. The van der Waals surface area contributed by atoms with Crippen LogP contribution < -0.4 is 25.2 Å². The summed E-state index contributed by atoms with van der Waals surface area (Å²) in [4.78, 5) is 45.4. The van der Waals surface area contributed by atoms with E-state index >= 15 is 17.6 Å². The highest BCUT2D eigenvalue weighted by Gasteiger charge is 2.48. The van der Waals surface area contributed by atoms with Crippen LogP contribution in [0.1, 0.15) is 89.3 Å². The molecule has 4 heterocycles. The van der Waals surface area contributed by atoms with Crippen molar-refractivity contribution in [2.24, 2.45) is 7.05 Å². The van der Waals surface area contributed by atoms with Gasteiger partial charge < -0.3 is 14.2 Å². The highest BCUT2D eigenvalue weighted by molar-refractivity contribution is 7.98. The standard InChI is InChI=1S/C44H48F4N10O5S.C2H6/c1-5-54(3)64-53-37-13-11-34(45)40(32(37)21-49)63-28-10-12-36-30(18-28)42(60)58(24-50-36)25(2)22-62-27-8-6-26(7-9-27)56-16-14-33(44(47,48)23-56)29-20-38-31(19-35(29)46)41(52-55(38)4)57-17-15-39(59)51-43(57)61;1-2/h10-13,18-20,24-27,33,53H,5-9,14-17,22-23H2,1-4H3,(H,51,59,61);1-2H3. The summed E-state index contributed by atoms with van der Waals surface area (Å²) >= 11 is 1.25. The average Bonchev–Trinajstić information content (AvgIpc) is 3.62. The number of carbonyl (C=O) groups is 2. The minimum Gasteiger partial charge on any atom is -0.453 e. The van der Waals surface area contributed by atoms with Crippen LogP contribution in [0.3, 0.4) is 0 Å². The smallest absolute Gasteiger partial charge is 0.329 e. The Morgan fingerprint density at radius 1 is 1.03 bits per heavy atom. The lowest BCUT2D eigenvalue weighted by Crippen LogP contribution is -2.52. The predicted octanol–water partition coefficient (Wildman–Crippen LogP) is 8.64. The van der Waals surface area contributed by atoms with Gasteiger partial charge in [-0.2, -0.15) is 10.4 Å². The van der Waals surface area contributed by atoms with Gasteiger partial charge in [0.2, 0.25) is 5.91 Å². The maximum atomic E-state index is 16.0. The van der Waals surface area contributed by atoms with Crippen molar-refractivity contribution in [1.29, 1.82) is 5.26 Å². The second kappa shape index (κ2) is 20.4. The highest BCUT2D eigenvalue weighted by atomic mass is 32.2. The van der Waals surface area contributed by atoms with Crippen molar-refractivity contribution >= 4 is 57.4 Å². The number of hydrogen-bond acceptors (Lipinski definition) is 12. The van der Waals surface area contributed by atoms with Gasteiger partial charge in [0.15, 0.2) is 17.4 Å². The van der Waals surface area contributed by atoms with E-state index in [1.807, 2.05) is 45.1 Å². The number of aromatic nitrogens is 4. The lowest BCUT2D eigenvalue weighted by Gasteiger charge is -2.44. The molecule has 3 aliphatic rings. The molecule has 1 aliphatic carbocycles. The molecule has 3 aromatic carbocycles. The number of fused-ring (bicyclic) bond motifs is 2. The van der Waals surface area contributed by atoms with E-state index in [1.54, 1.807) is 24.1 Å². The molecule has 5 aromatic rings. The number of ether oxygens (including phenoxy) is 2. The molecule has 2 unspecified atom stereocenters. The third kappa shape index (κ3) is 9.99. The molecule has 0 radical (unpaired) electrons. The van der Waals surface area contributed by atoms with Gasteiger partial charge in [-0.25, -0.2) is 31.6 Å². The lowest BCUT2D eigenvalue weighted by molar-refractivity contribution is -0.120. The number of alkyl halides is 2. The topological polar surface area (TPSA) is 163 Å². The molecule has 15 nitrogen and oxygen atoms in total. The summed E-state index contributed by atoms with van der Waals surface area (Å²) in [6.07, 6.45) is 3.95. The number of halogens is 4. The molecule has 66 heavy (non-hydrogen) atoms. The minimum atomic E-state index is -3.22. The number of piperidine rings is 1. The number of nitrogens with one attached hydrogen (secondary N) is 2. The van der Waals surface area contributed by atoms with Gasteiger partial charge in [-0.05, 0) is 101 Å². The highest BCUT2D eigenvalue weighted by Crippen LogP contribution is 2.45. The third-order valence-corrected chi connectivity index (χ3v) is 13.3. The molecular weight excluding hydrogens is 881 g/mol. The van der Waals surface area contributed by atoms with Crippen LogP contribution in [-0.4, -0.2) is 98.4 Å². The number of likely N-dealkylation sites (tertiary alicyclic amines) is 1. The number of benzene rings is 3. The molecule has 0 spiro atoms. The molecule has 2 aromatic heterocycles. The summed E-state index contributed by atoms with van der Waals surface area (Å²) in [5.41, 5.74) is 0.697. The first-order valence-electron chi connectivity index (χ1n) is 22.2. The molecule has 2 N–H and O–H groups in total. The predicted molar refractivity (Wildman–Crippen MR) is 245 cm³/mol. The fourth-order valence-electron chi connectivity index (χ4n) is 8.76. The zero-order valence-electron chi connectivity index (χ0n) is 37.7. The van der Waals surface area contributed by atoms with Gasteiger partial charge in [0.05, 0.1) is 59.6 Å². The molecule has 0 bridgehead atoms. The van der Waals surface area contributed by atoms with Crippen molar-refractivity contribution in [1.82, 2.24) is 33.9 Å². The minimum absolute atomic E-state index is 0.0284. The molecule has 8 rings (SSSR count). The van der Waals surface area contributed by atoms with Crippen LogP contribution in [0.4, 0.5) is 33.9 Å². The Balaban J connectivity index is 0.00000320. The average molecular weight is 935 g/mol. The first-order valence-corrected chi connectivity index (χ1v) is 23.0. The summed E-state index contributed by atoms with van der Waals surface area (Å²) < 4.78 is 82.8. The monoisotopic (exact) mass is 934 g/mol. The van der Waals surface area contributed by atoms with Crippen molar-refractivity contribution in [3.8, 4) is 17.6 Å². The van der Waals surface area contributed by atoms with Crippen LogP contribution in [0, 0.1) is 23.0 Å². The molecule has 2 atom stereocenters. The van der Waals surface area contributed by atoms with Gasteiger partial charge >= 0.3 is 6.03 Å². The number of imide groups is 1. The fourth-order valence-corrected chi connectivity index (χ4v) is 9.31. The molecule has 1 saturated carbocycles. The first-order chi connectivity index (χ1) is 31.6. The van der Waals surface area contributed by atoms with Crippen molar-refractivity contribution < 1.29 is 36.6 Å². The number of nitrogens with zero attached hydrogens (tertiary/aromatic N) is 8. The largest absolute Gasteiger partial charge is 0.453 e. The molecule has 3 fully saturated rings. The molecular formula is C46H54F4N10O5S. The molecule has 3 amide bonds. The Hall–Kier alpha value is -5.75. The Morgan fingerprint density at radius 2 is 1.79 bits per heavy atom. The van der Waals surface area contributed by atoms with Gasteiger partial charge in [0.1, 0.15) is 23.2 Å². The number of carbonyl (C=O) groups excluding carboxylic acids is 2. The van der Waals surface area contributed by atoms with Gasteiger partial charge in [-0.15, -0.1) is 0 Å². The van der Waals surface area contributed by atoms with Gasteiger partial charge in [-0.3, -0.25) is 34.0 Å². The van der Waals surface area contributed by atoms with E-state index in [0.29, 0.717) is 54.3 Å². The van der Waals surface area contributed by atoms with Crippen molar-refractivity contribution in [2.45, 2.75) is 96.2 Å². The van der Waals surface area contributed by atoms with Crippen LogP contribution >= 0.6 is 12.1 Å². The van der Waals surface area contributed by atoms with E-state index in [0.717, 1.165) is 12.6 Å². The summed E-state index contributed by atoms with van der Waals surface area (Å²) in [5, 5.41) is 17.0. The summed E-state index contributed by atoms with van der Waals surface area (Å²) in [6, 6.07) is 10.7. The molecule has 2 aliphatic heterocycles. The summed E-state index contributed by atoms with van der Waals surface area (Å²) in [6.45, 7) is 8.64. The van der Waals surface area contributed by atoms with E-state index in [9.17, 15) is 19.6 Å². The van der Waals surface area contributed by atoms with E-state index in [2.05, 4.69) is 20.1 Å². The Morgan fingerprint density at radius 3 is 2.48 bits per heavy atom. The lowest BCUT2D eigenvalue weighted by atomic mass is 9.83. The maximum absolute atomic E-state index is 16.0. The number of nitriles is 1. The molecule has 352 valence electrons. The molecule has 2 saturated heterocycles. The van der Waals surface area contributed by atoms with Crippen LogP contribution in [0.25, 0.3) is 21.8 Å². The molecule has 20 heteroatoms. The normalized spacial score (nSPS) is 20.5. The van der Waals surface area contributed by atoms with E-state index in [1.165, 1.54) is 56.9 Å². The quantitative estimate of drug-likeness (QED) is 0.0855. The maximum Gasteiger partial charge on any atom is 0.329 e. The zero-order valence-corrected chi connectivity index (χ0v) is 38.6. The first kappa shape index (κ1) is 48.2.